The number of hydrogen-bond donors (Lipinski definition) is 0. The Hall–Kier alpha value is -1.40. The van der Waals surface area contributed by atoms with Crippen LogP contribution in [0.15, 0.2) is 17.0 Å². The summed E-state index contributed by atoms with van der Waals surface area (Å²) in [6, 6.07) is 3.29. The summed E-state index contributed by atoms with van der Waals surface area (Å²) in [6.07, 6.45) is 1.75. The van der Waals surface area contributed by atoms with E-state index in [1.54, 1.807) is 17.9 Å². The van der Waals surface area contributed by atoms with E-state index in [2.05, 4.69) is 0 Å². The van der Waals surface area contributed by atoms with Crippen molar-refractivity contribution in [2.45, 2.75) is 45.4 Å². The molecular formula is C17H28N2O3S. The van der Waals surface area contributed by atoms with E-state index in [-0.39, 0.29) is 10.8 Å². The largest absolute Gasteiger partial charge is 0.339 e. The smallest absolute Gasteiger partial charge is 0.253 e. The molecule has 0 aliphatic heterocycles. The number of benzene rings is 1. The fourth-order valence-electron chi connectivity index (χ4n) is 2.45. The summed E-state index contributed by atoms with van der Waals surface area (Å²) in [6.45, 7) is 9.02. The number of amides is 1. The van der Waals surface area contributed by atoms with Gasteiger partial charge in [0.2, 0.25) is 10.0 Å². The zero-order valence-electron chi connectivity index (χ0n) is 15.0. The van der Waals surface area contributed by atoms with E-state index in [1.807, 2.05) is 20.8 Å². The number of carbonyl (C=O) groups is 1. The maximum Gasteiger partial charge on any atom is 0.253 e. The van der Waals surface area contributed by atoms with Crippen LogP contribution in [0.1, 0.15) is 48.2 Å². The van der Waals surface area contributed by atoms with Crippen LogP contribution >= 0.6 is 0 Å². The van der Waals surface area contributed by atoms with Crippen LogP contribution in [0.25, 0.3) is 0 Å². The molecule has 23 heavy (non-hydrogen) atoms. The van der Waals surface area contributed by atoms with Crippen LogP contribution in [-0.2, 0) is 10.0 Å². The van der Waals surface area contributed by atoms with Crippen molar-refractivity contribution in [2.75, 3.05) is 27.2 Å². The van der Waals surface area contributed by atoms with Gasteiger partial charge in [0.1, 0.15) is 0 Å². The molecule has 0 fully saturated rings. The van der Waals surface area contributed by atoms with E-state index in [0.717, 1.165) is 18.4 Å². The van der Waals surface area contributed by atoms with Gasteiger partial charge in [0.25, 0.3) is 5.91 Å². The minimum atomic E-state index is -3.57. The molecule has 0 spiro atoms. The van der Waals surface area contributed by atoms with Crippen molar-refractivity contribution in [1.29, 1.82) is 0 Å². The third kappa shape index (κ3) is 4.32. The second kappa shape index (κ2) is 7.93. The summed E-state index contributed by atoms with van der Waals surface area (Å²) in [5, 5.41) is 0. The van der Waals surface area contributed by atoms with Gasteiger partial charge in [-0.15, -0.1) is 0 Å². The lowest BCUT2D eigenvalue weighted by atomic mass is 10.1. The number of rotatable bonds is 7. The summed E-state index contributed by atoms with van der Waals surface area (Å²) in [7, 11) is -0.576. The molecule has 1 aromatic rings. The van der Waals surface area contributed by atoms with E-state index >= 15 is 0 Å². The Bertz CT molecular complexity index is 661. The molecule has 0 unspecified atom stereocenters. The molecule has 0 heterocycles. The minimum Gasteiger partial charge on any atom is -0.339 e. The first-order valence-corrected chi connectivity index (χ1v) is 9.43. The van der Waals surface area contributed by atoms with Gasteiger partial charge in [0, 0.05) is 32.7 Å². The predicted molar refractivity (Wildman–Crippen MR) is 93.3 cm³/mol. The maximum atomic E-state index is 12.8. The van der Waals surface area contributed by atoms with Crippen molar-refractivity contribution in [3.05, 3.63) is 28.8 Å². The van der Waals surface area contributed by atoms with Crippen molar-refractivity contribution < 1.29 is 13.2 Å². The second-order valence-corrected chi connectivity index (χ2v) is 8.12. The van der Waals surface area contributed by atoms with Gasteiger partial charge in [-0.2, -0.15) is 0 Å². The van der Waals surface area contributed by atoms with Crippen molar-refractivity contribution in [2.24, 2.45) is 0 Å². The molecule has 0 bridgehead atoms. The molecule has 6 heteroatoms. The monoisotopic (exact) mass is 340 g/mol. The highest BCUT2D eigenvalue weighted by Crippen LogP contribution is 2.24. The van der Waals surface area contributed by atoms with Gasteiger partial charge in [-0.25, -0.2) is 12.7 Å². The van der Waals surface area contributed by atoms with Gasteiger partial charge in [-0.05, 0) is 49.9 Å². The predicted octanol–water partition coefficient (Wildman–Crippen LogP) is 2.82. The fraction of sp³-hybridized carbons (Fsp3) is 0.588. The van der Waals surface area contributed by atoms with Gasteiger partial charge in [-0.3, -0.25) is 4.79 Å². The standard InChI is InChI=1S/C17H28N2O3S/c1-7-9-19(10-8-2)17(20)15-11-13(3)14(4)16(12-15)23(21,22)18(5)6/h11-12H,7-10H2,1-6H3. The Balaban J connectivity index is 3.40. The summed E-state index contributed by atoms with van der Waals surface area (Å²) >= 11 is 0. The lowest BCUT2D eigenvalue weighted by Gasteiger charge is -2.23. The summed E-state index contributed by atoms with van der Waals surface area (Å²) < 4.78 is 26.2. The molecule has 0 saturated carbocycles. The van der Waals surface area contributed by atoms with E-state index in [4.69, 9.17) is 0 Å². The van der Waals surface area contributed by atoms with Crippen LogP contribution in [-0.4, -0.2) is 50.7 Å². The zero-order valence-corrected chi connectivity index (χ0v) is 15.8. The first-order chi connectivity index (χ1) is 10.7. The highest BCUT2D eigenvalue weighted by molar-refractivity contribution is 7.89. The molecule has 0 aliphatic carbocycles. The quantitative estimate of drug-likeness (QED) is 0.767. The molecule has 1 aromatic carbocycles. The first-order valence-electron chi connectivity index (χ1n) is 7.99. The third-order valence-electron chi connectivity index (χ3n) is 3.90. The summed E-state index contributed by atoms with van der Waals surface area (Å²) in [5.74, 6) is -0.105. The van der Waals surface area contributed by atoms with E-state index in [9.17, 15) is 13.2 Å². The lowest BCUT2D eigenvalue weighted by molar-refractivity contribution is 0.0755. The van der Waals surface area contributed by atoms with Crippen LogP contribution in [0.5, 0.6) is 0 Å². The molecule has 0 aliphatic rings. The van der Waals surface area contributed by atoms with Crippen molar-refractivity contribution in [3.63, 3.8) is 0 Å². The van der Waals surface area contributed by atoms with Gasteiger partial charge >= 0.3 is 0 Å². The molecule has 0 aromatic heterocycles. The van der Waals surface area contributed by atoms with Crippen molar-refractivity contribution in [3.8, 4) is 0 Å². The topological polar surface area (TPSA) is 57.7 Å². The summed E-state index contributed by atoms with van der Waals surface area (Å²) in [5.41, 5.74) is 1.94. The normalized spacial score (nSPS) is 11.8. The number of sulfonamides is 1. The SMILES string of the molecule is CCCN(CCC)C(=O)c1cc(C)c(C)c(S(=O)(=O)N(C)C)c1. The molecule has 130 valence electrons. The molecule has 0 atom stereocenters. The van der Waals surface area contributed by atoms with E-state index in [0.29, 0.717) is 24.2 Å². The highest BCUT2D eigenvalue weighted by atomic mass is 32.2. The average molecular weight is 340 g/mol. The Morgan fingerprint density at radius 2 is 1.57 bits per heavy atom. The Morgan fingerprint density at radius 1 is 1.04 bits per heavy atom. The maximum absolute atomic E-state index is 12.8. The Morgan fingerprint density at radius 3 is 2.00 bits per heavy atom. The van der Waals surface area contributed by atoms with Gasteiger partial charge in [0.05, 0.1) is 4.90 Å². The van der Waals surface area contributed by atoms with E-state index in [1.165, 1.54) is 24.5 Å². The second-order valence-electron chi connectivity index (χ2n) is 6.00. The van der Waals surface area contributed by atoms with Crippen LogP contribution in [0.3, 0.4) is 0 Å². The molecule has 1 rings (SSSR count). The molecule has 1 amide bonds. The molecule has 5 nitrogen and oxygen atoms in total. The molecule has 0 radical (unpaired) electrons. The number of carbonyl (C=O) groups excluding carboxylic acids is 1. The number of nitrogens with zero attached hydrogens (tertiary/aromatic N) is 2. The minimum absolute atomic E-state index is 0.105. The Labute approximate surface area is 140 Å². The van der Waals surface area contributed by atoms with Gasteiger partial charge in [-0.1, -0.05) is 13.8 Å². The Kier molecular flexibility index (Phi) is 6.77. The third-order valence-corrected chi connectivity index (χ3v) is 5.84. The molecule has 0 N–H and O–H groups in total. The van der Waals surface area contributed by atoms with E-state index < -0.39 is 10.0 Å². The zero-order chi connectivity index (χ0) is 17.8. The average Bonchev–Trinajstić information content (AvgIpc) is 2.48. The van der Waals surface area contributed by atoms with Crippen LogP contribution in [0, 0.1) is 13.8 Å². The highest BCUT2D eigenvalue weighted by Gasteiger charge is 2.24. The van der Waals surface area contributed by atoms with Crippen LogP contribution < -0.4 is 0 Å². The number of aryl methyl sites for hydroxylation is 1. The van der Waals surface area contributed by atoms with Crippen molar-refractivity contribution >= 4 is 15.9 Å². The van der Waals surface area contributed by atoms with Gasteiger partial charge in [0.15, 0.2) is 0 Å². The lowest BCUT2D eigenvalue weighted by Crippen LogP contribution is -2.33. The van der Waals surface area contributed by atoms with Crippen molar-refractivity contribution in [1.82, 2.24) is 9.21 Å². The summed E-state index contributed by atoms with van der Waals surface area (Å²) in [4.78, 5) is 14.7. The fourth-order valence-corrected chi connectivity index (χ4v) is 3.67. The van der Waals surface area contributed by atoms with Gasteiger partial charge < -0.3 is 4.90 Å². The van der Waals surface area contributed by atoms with Crippen LogP contribution in [0.4, 0.5) is 0 Å². The molecule has 0 saturated heterocycles. The van der Waals surface area contributed by atoms with Crippen LogP contribution in [0.2, 0.25) is 0 Å². The number of hydrogen-bond acceptors (Lipinski definition) is 3. The molecular weight excluding hydrogens is 312 g/mol. The first kappa shape index (κ1) is 19.6.